The number of nitrogens with two attached hydrogens (primary N) is 1. The first-order valence-corrected chi connectivity index (χ1v) is 9.52. The lowest BCUT2D eigenvalue weighted by molar-refractivity contribution is -0.149. The summed E-state index contributed by atoms with van der Waals surface area (Å²) in [6.07, 6.45) is 0. The van der Waals surface area contributed by atoms with Crippen LogP contribution in [0, 0.1) is 0 Å². The van der Waals surface area contributed by atoms with Crippen LogP contribution >= 0.6 is 11.8 Å². The fourth-order valence-electron chi connectivity index (χ4n) is 3.21. The average molecular weight is 441 g/mol. The number of ether oxygens (including phenoxy) is 1. The van der Waals surface area contributed by atoms with Gasteiger partial charge in [-0.05, 0) is 12.1 Å². The number of esters is 1. The number of nitrogens with zero attached hydrogens (tertiary/aromatic N) is 2. The van der Waals surface area contributed by atoms with Crippen molar-refractivity contribution in [2.45, 2.75) is 18.3 Å². The lowest BCUT2D eigenvalue weighted by Crippen LogP contribution is -2.72. The molecule has 0 spiro atoms. The smallest absolute Gasteiger partial charge is 0.352 e. The van der Waals surface area contributed by atoms with Crippen molar-refractivity contribution in [2.24, 2.45) is 5.73 Å². The van der Waals surface area contributed by atoms with Crippen molar-refractivity contribution in [2.75, 3.05) is 23.8 Å². The molecule has 1 saturated heterocycles. The Labute approximate surface area is 176 Å². The van der Waals surface area contributed by atoms with Crippen LogP contribution in [0.5, 0.6) is 0 Å². The van der Waals surface area contributed by atoms with Gasteiger partial charge in [0.15, 0.2) is 0 Å². The number of amides is 2. The number of rotatable bonds is 6. The number of aliphatic carboxylic acids is 1. The number of hydrogen-bond acceptors (Lipinski definition) is 7. The number of benzene rings is 1. The second kappa shape index (κ2) is 10.2. The molecule has 7 N–H and O–H groups in total. The molecule has 2 heterocycles. The van der Waals surface area contributed by atoms with E-state index in [9.17, 15) is 24.3 Å². The van der Waals surface area contributed by atoms with Gasteiger partial charge in [0.25, 0.3) is 5.91 Å². The molecule has 0 radical (unpaired) electrons. The minimum Gasteiger partial charge on any atom is -0.477 e. The van der Waals surface area contributed by atoms with Crippen LogP contribution in [0.1, 0.15) is 6.92 Å². The summed E-state index contributed by atoms with van der Waals surface area (Å²) in [6, 6.07) is 7.79. The van der Waals surface area contributed by atoms with Crippen LogP contribution in [0.15, 0.2) is 41.6 Å². The maximum absolute atomic E-state index is 12.9. The SMILES string of the molecule is CC(=O)OCC1=C(C(=O)O)N2C(=O)[C@@H](N(C(=O)CN)c3ccccc3)[C@H]2SC1.O.O. The predicted octanol–water partition coefficient (Wildman–Crippen LogP) is -1.49. The summed E-state index contributed by atoms with van der Waals surface area (Å²) in [5.41, 5.74) is 6.19. The number of carboxylic acids is 1. The first-order chi connectivity index (χ1) is 13.4. The van der Waals surface area contributed by atoms with Gasteiger partial charge in [0.05, 0.1) is 6.54 Å². The molecule has 0 aliphatic carbocycles. The van der Waals surface area contributed by atoms with Gasteiger partial charge >= 0.3 is 11.9 Å². The maximum Gasteiger partial charge on any atom is 0.352 e. The van der Waals surface area contributed by atoms with Gasteiger partial charge in [-0.3, -0.25) is 24.2 Å². The second-order valence-electron chi connectivity index (χ2n) is 6.20. The summed E-state index contributed by atoms with van der Waals surface area (Å²) in [5.74, 6) is -2.51. The maximum atomic E-state index is 12.9. The summed E-state index contributed by atoms with van der Waals surface area (Å²) in [7, 11) is 0. The number of carbonyl (C=O) groups excluding carboxylic acids is 3. The van der Waals surface area contributed by atoms with E-state index in [2.05, 4.69) is 0 Å². The Morgan fingerprint density at radius 1 is 1.27 bits per heavy atom. The summed E-state index contributed by atoms with van der Waals surface area (Å²) in [4.78, 5) is 50.7. The van der Waals surface area contributed by atoms with Gasteiger partial charge in [0, 0.05) is 23.9 Å². The standard InChI is InChI=1S/C18H19N3O6S.2H2O/c1-10(22)27-8-11-9-28-17-15(16(24)21(17)14(11)18(25)26)20(13(23)7-19)12-5-3-2-4-6-12;;/h2-6,15,17H,7-9,19H2,1H3,(H,25,26);2*1H2/t15-,17-;;/m1../s1. The van der Waals surface area contributed by atoms with Crippen molar-refractivity contribution < 1.29 is 40.0 Å². The number of β-lactam (4-membered cyclic amide) rings is 1. The molecule has 1 fully saturated rings. The van der Waals surface area contributed by atoms with Gasteiger partial charge in [-0.15, -0.1) is 11.8 Å². The molecule has 2 amide bonds. The summed E-state index contributed by atoms with van der Waals surface area (Å²) in [6.45, 7) is 0.741. The predicted molar refractivity (Wildman–Crippen MR) is 108 cm³/mol. The van der Waals surface area contributed by atoms with E-state index in [0.717, 1.165) is 4.90 Å². The molecule has 0 saturated carbocycles. The van der Waals surface area contributed by atoms with Crippen molar-refractivity contribution in [1.29, 1.82) is 0 Å². The number of para-hydroxylation sites is 1. The molecular weight excluding hydrogens is 418 g/mol. The largest absolute Gasteiger partial charge is 0.477 e. The van der Waals surface area contributed by atoms with Gasteiger partial charge < -0.3 is 26.5 Å². The monoisotopic (exact) mass is 441 g/mol. The van der Waals surface area contributed by atoms with Crippen LogP contribution in [0.25, 0.3) is 0 Å². The summed E-state index contributed by atoms with van der Waals surface area (Å²) >= 11 is 1.31. The Kier molecular flexibility index (Phi) is 8.54. The molecule has 3 rings (SSSR count). The highest BCUT2D eigenvalue weighted by atomic mass is 32.2. The van der Waals surface area contributed by atoms with E-state index in [-0.39, 0.29) is 35.6 Å². The van der Waals surface area contributed by atoms with Gasteiger partial charge in [-0.1, -0.05) is 18.2 Å². The van der Waals surface area contributed by atoms with Crippen molar-refractivity contribution in [3.05, 3.63) is 41.6 Å². The minimum atomic E-state index is -1.28. The van der Waals surface area contributed by atoms with Crippen LogP contribution in [-0.2, 0) is 23.9 Å². The molecule has 2 aliphatic heterocycles. The lowest BCUT2D eigenvalue weighted by Gasteiger charge is -2.52. The van der Waals surface area contributed by atoms with E-state index >= 15 is 0 Å². The third-order valence-electron chi connectivity index (χ3n) is 4.43. The number of hydrogen-bond donors (Lipinski definition) is 2. The normalized spacial score (nSPS) is 19.5. The van der Waals surface area contributed by atoms with Gasteiger partial charge in [0.1, 0.15) is 23.7 Å². The van der Waals surface area contributed by atoms with Crippen LogP contribution in [0.2, 0.25) is 0 Å². The summed E-state index contributed by atoms with van der Waals surface area (Å²) in [5, 5.41) is 9.05. The number of fused-ring (bicyclic) bond motifs is 1. The molecule has 2 atom stereocenters. The van der Waals surface area contributed by atoms with Crippen LogP contribution in [0.3, 0.4) is 0 Å². The molecule has 1 aromatic carbocycles. The van der Waals surface area contributed by atoms with Crippen molar-refractivity contribution in [3.8, 4) is 0 Å². The molecule has 2 aliphatic rings. The fourth-order valence-corrected chi connectivity index (χ4v) is 4.59. The van der Waals surface area contributed by atoms with Gasteiger partial charge in [-0.25, -0.2) is 4.79 Å². The van der Waals surface area contributed by atoms with E-state index in [1.165, 1.54) is 23.6 Å². The molecule has 11 nitrogen and oxygen atoms in total. The van der Waals surface area contributed by atoms with Crippen LogP contribution < -0.4 is 10.6 Å². The molecular formula is C18H23N3O8S. The Bertz CT molecular complexity index is 860. The van der Waals surface area contributed by atoms with Crippen molar-refractivity contribution in [3.63, 3.8) is 0 Å². The highest BCUT2D eigenvalue weighted by Crippen LogP contribution is 2.43. The van der Waals surface area contributed by atoms with Crippen molar-refractivity contribution >= 4 is 41.2 Å². The molecule has 164 valence electrons. The number of thioether (sulfide) groups is 1. The third kappa shape index (κ3) is 4.46. The first kappa shape index (κ1) is 25.1. The molecule has 0 unspecified atom stereocenters. The molecule has 1 aromatic rings. The van der Waals surface area contributed by atoms with Crippen molar-refractivity contribution in [1.82, 2.24) is 4.90 Å². The van der Waals surface area contributed by atoms with Crippen LogP contribution in [0.4, 0.5) is 5.69 Å². The average Bonchev–Trinajstić information content (AvgIpc) is 2.69. The topological polar surface area (TPSA) is 193 Å². The summed E-state index contributed by atoms with van der Waals surface area (Å²) < 4.78 is 4.91. The Hall–Kier alpha value is -2.93. The van der Waals surface area contributed by atoms with Gasteiger partial charge in [-0.2, -0.15) is 0 Å². The van der Waals surface area contributed by atoms with Gasteiger partial charge in [0.2, 0.25) is 5.91 Å². The quantitative estimate of drug-likeness (QED) is 0.394. The molecule has 12 heteroatoms. The fraction of sp³-hybridized carbons (Fsp3) is 0.333. The zero-order valence-electron chi connectivity index (χ0n) is 16.0. The zero-order valence-corrected chi connectivity index (χ0v) is 16.8. The molecule has 0 bridgehead atoms. The molecule has 30 heavy (non-hydrogen) atoms. The number of carbonyl (C=O) groups is 4. The Morgan fingerprint density at radius 3 is 2.43 bits per heavy atom. The zero-order chi connectivity index (χ0) is 20.4. The highest BCUT2D eigenvalue weighted by Gasteiger charge is 2.57. The minimum absolute atomic E-state index is 0. The van der Waals surface area contributed by atoms with E-state index in [0.29, 0.717) is 11.3 Å². The highest BCUT2D eigenvalue weighted by molar-refractivity contribution is 8.00. The van der Waals surface area contributed by atoms with Crippen LogP contribution in [-0.4, -0.2) is 75.0 Å². The third-order valence-corrected chi connectivity index (χ3v) is 5.75. The van der Waals surface area contributed by atoms with E-state index < -0.39 is 35.2 Å². The molecule has 0 aromatic heterocycles. The Balaban J connectivity index is 0.00000225. The number of carboxylic acid groups (broad SMARTS) is 1. The number of anilines is 1. The van der Waals surface area contributed by atoms with E-state index in [4.69, 9.17) is 10.5 Å². The van der Waals surface area contributed by atoms with E-state index in [1.54, 1.807) is 30.3 Å². The lowest BCUT2D eigenvalue weighted by atomic mass is 10.00. The first-order valence-electron chi connectivity index (χ1n) is 8.47. The second-order valence-corrected chi connectivity index (χ2v) is 7.30. The Morgan fingerprint density at radius 2 is 1.90 bits per heavy atom. The van der Waals surface area contributed by atoms with E-state index in [1.807, 2.05) is 0 Å².